The number of hydrogen-bond acceptors (Lipinski definition) is 5. The van der Waals surface area contributed by atoms with E-state index < -0.39 is 0 Å². The molecule has 0 radical (unpaired) electrons. The van der Waals surface area contributed by atoms with Crippen LogP contribution in [0.2, 0.25) is 0 Å². The molecule has 27 heavy (non-hydrogen) atoms. The largest absolute Gasteiger partial charge is 0.497 e. The second-order valence-corrected chi connectivity index (χ2v) is 6.73. The Labute approximate surface area is 157 Å². The van der Waals surface area contributed by atoms with E-state index in [0.717, 1.165) is 30.9 Å². The number of carbonyl (C=O) groups is 1. The molecule has 7 heteroatoms. The number of aromatic nitrogens is 3. The molecule has 1 aliphatic heterocycles. The van der Waals surface area contributed by atoms with Crippen molar-refractivity contribution in [1.82, 2.24) is 19.5 Å². The number of benzene rings is 1. The van der Waals surface area contributed by atoms with Crippen LogP contribution in [-0.4, -0.2) is 52.2 Å². The van der Waals surface area contributed by atoms with Gasteiger partial charge in [0.05, 0.1) is 19.3 Å². The number of nitrogens with zero attached hydrogens (tertiary/aromatic N) is 4. The fraction of sp³-hybridized carbons (Fsp3) is 0.350. The second kappa shape index (κ2) is 7.65. The zero-order valence-electron chi connectivity index (χ0n) is 15.2. The average Bonchev–Trinajstić information content (AvgIpc) is 3.21. The van der Waals surface area contributed by atoms with Gasteiger partial charge in [-0.1, -0.05) is 6.07 Å². The highest BCUT2D eigenvalue weighted by atomic mass is 16.5. The Balaban J connectivity index is 1.41. The van der Waals surface area contributed by atoms with Crippen molar-refractivity contribution >= 4 is 11.6 Å². The van der Waals surface area contributed by atoms with Crippen LogP contribution in [0.3, 0.4) is 0 Å². The van der Waals surface area contributed by atoms with E-state index in [4.69, 9.17) is 9.47 Å². The molecule has 0 bridgehead atoms. The third-order valence-electron chi connectivity index (χ3n) is 4.89. The van der Waals surface area contributed by atoms with Crippen molar-refractivity contribution < 1.29 is 14.3 Å². The lowest BCUT2D eigenvalue weighted by Crippen LogP contribution is -2.41. The third-order valence-corrected chi connectivity index (χ3v) is 4.89. The van der Waals surface area contributed by atoms with Crippen LogP contribution in [0, 0.1) is 5.92 Å². The van der Waals surface area contributed by atoms with E-state index in [0.29, 0.717) is 30.3 Å². The standard InChI is InChI=1S/C20H22N4O3/c1-26-16-6-2-7-17(11-16)27-13-15-5-3-9-23(12-15)20(25)18-8-4-10-24-14-21-22-19(18)24/h2,4,6-8,10-11,14-15H,3,5,9,12-13H2,1H3/t15-/m0/s1. The van der Waals surface area contributed by atoms with Gasteiger partial charge in [0.1, 0.15) is 17.8 Å². The molecule has 1 aromatic carbocycles. The van der Waals surface area contributed by atoms with Crippen LogP contribution in [0.5, 0.6) is 11.5 Å². The molecule has 1 amide bonds. The van der Waals surface area contributed by atoms with Crippen LogP contribution in [0.15, 0.2) is 48.9 Å². The highest BCUT2D eigenvalue weighted by Crippen LogP contribution is 2.23. The number of fused-ring (bicyclic) bond motifs is 1. The molecule has 3 heterocycles. The first-order chi connectivity index (χ1) is 13.2. The summed E-state index contributed by atoms with van der Waals surface area (Å²) in [6, 6.07) is 11.2. The number of ether oxygens (including phenoxy) is 2. The smallest absolute Gasteiger partial charge is 0.257 e. The normalized spacial score (nSPS) is 17.1. The lowest BCUT2D eigenvalue weighted by molar-refractivity contribution is 0.0634. The summed E-state index contributed by atoms with van der Waals surface area (Å²) in [7, 11) is 1.64. The minimum absolute atomic E-state index is 0.000296. The Kier molecular flexibility index (Phi) is 4.91. The molecule has 1 saturated heterocycles. The molecule has 2 aromatic heterocycles. The van der Waals surface area contributed by atoms with Gasteiger partial charge in [-0.05, 0) is 37.1 Å². The summed E-state index contributed by atoms with van der Waals surface area (Å²) in [5.41, 5.74) is 1.18. The number of likely N-dealkylation sites (tertiary alicyclic amines) is 1. The number of hydrogen-bond donors (Lipinski definition) is 0. The monoisotopic (exact) mass is 366 g/mol. The van der Waals surface area contributed by atoms with Crippen LogP contribution in [0.1, 0.15) is 23.2 Å². The van der Waals surface area contributed by atoms with Gasteiger partial charge >= 0.3 is 0 Å². The number of amides is 1. The van der Waals surface area contributed by atoms with Crippen LogP contribution < -0.4 is 9.47 Å². The van der Waals surface area contributed by atoms with E-state index in [1.54, 1.807) is 17.8 Å². The number of carbonyl (C=O) groups excluding carboxylic acids is 1. The molecule has 7 nitrogen and oxygen atoms in total. The highest BCUT2D eigenvalue weighted by molar-refractivity contribution is 5.99. The molecule has 4 rings (SSSR count). The van der Waals surface area contributed by atoms with Gasteiger partial charge in [-0.3, -0.25) is 9.20 Å². The minimum atomic E-state index is -0.000296. The van der Waals surface area contributed by atoms with Crippen LogP contribution in [-0.2, 0) is 0 Å². The first-order valence-electron chi connectivity index (χ1n) is 9.09. The Morgan fingerprint density at radius 1 is 1.26 bits per heavy atom. The van der Waals surface area contributed by atoms with Gasteiger partial charge in [-0.25, -0.2) is 0 Å². The maximum Gasteiger partial charge on any atom is 0.257 e. The maximum atomic E-state index is 13.0. The summed E-state index contributed by atoms with van der Waals surface area (Å²) in [6.07, 6.45) is 5.46. The predicted octanol–water partition coefficient (Wildman–Crippen LogP) is 2.67. The first kappa shape index (κ1) is 17.3. The van der Waals surface area contributed by atoms with Gasteiger partial charge in [0.2, 0.25) is 0 Å². The SMILES string of the molecule is COc1cccc(OC[C@H]2CCCN(C(=O)c3cccn4cnnc34)C2)c1. The number of pyridine rings is 1. The molecule has 140 valence electrons. The number of rotatable bonds is 5. The summed E-state index contributed by atoms with van der Waals surface area (Å²) >= 11 is 0. The third kappa shape index (κ3) is 3.72. The second-order valence-electron chi connectivity index (χ2n) is 6.73. The quantitative estimate of drug-likeness (QED) is 0.694. The summed E-state index contributed by atoms with van der Waals surface area (Å²) in [5.74, 6) is 1.85. The molecule has 1 aliphatic rings. The molecule has 0 unspecified atom stereocenters. The van der Waals surface area contributed by atoms with Crippen LogP contribution >= 0.6 is 0 Å². The zero-order chi connectivity index (χ0) is 18.6. The minimum Gasteiger partial charge on any atom is -0.497 e. The number of methoxy groups -OCH3 is 1. The highest BCUT2D eigenvalue weighted by Gasteiger charge is 2.26. The fourth-order valence-electron chi connectivity index (χ4n) is 3.48. The van der Waals surface area contributed by atoms with Crippen molar-refractivity contribution in [2.45, 2.75) is 12.8 Å². The van der Waals surface area contributed by atoms with Crippen molar-refractivity contribution in [3.8, 4) is 11.5 Å². The Bertz CT molecular complexity index is 940. The van der Waals surface area contributed by atoms with E-state index >= 15 is 0 Å². The predicted molar refractivity (Wildman–Crippen MR) is 100 cm³/mol. The van der Waals surface area contributed by atoms with Gasteiger partial charge in [0.15, 0.2) is 5.65 Å². The van der Waals surface area contributed by atoms with Gasteiger partial charge < -0.3 is 14.4 Å². The molecular weight excluding hydrogens is 344 g/mol. The van der Waals surface area contributed by atoms with Crippen molar-refractivity contribution in [3.63, 3.8) is 0 Å². The summed E-state index contributed by atoms with van der Waals surface area (Å²) in [4.78, 5) is 14.9. The topological polar surface area (TPSA) is 69.0 Å². The van der Waals surface area contributed by atoms with Crippen molar-refractivity contribution in [3.05, 3.63) is 54.5 Å². The van der Waals surface area contributed by atoms with E-state index in [-0.39, 0.29) is 5.91 Å². The Morgan fingerprint density at radius 2 is 2.15 bits per heavy atom. The van der Waals surface area contributed by atoms with Gasteiger partial charge in [-0.15, -0.1) is 10.2 Å². The van der Waals surface area contributed by atoms with E-state index in [1.165, 1.54) is 0 Å². The first-order valence-corrected chi connectivity index (χ1v) is 9.09. The van der Waals surface area contributed by atoms with Gasteiger partial charge in [-0.2, -0.15) is 0 Å². The Morgan fingerprint density at radius 3 is 3.04 bits per heavy atom. The van der Waals surface area contributed by atoms with E-state index in [9.17, 15) is 4.79 Å². The van der Waals surface area contributed by atoms with Crippen LogP contribution in [0.4, 0.5) is 0 Å². The number of piperidine rings is 1. The van der Waals surface area contributed by atoms with Crippen molar-refractivity contribution in [2.75, 3.05) is 26.8 Å². The van der Waals surface area contributed by atoms with Gasteiger partial charge in [0.25, 0.3) is 5.91 Å². The molecule has 0 spiro atoms. The van der Waals surface area contributed by atoms with Crippen molar-refractivity contribution in [1.29, 1.82) is 0 Å². The zero-order valence-corrected chi connectivity index (χ0v) is 15.2. The summed E-state index contributed by atoms with van der Waals surface area (Å²) in [6.45, 7) is 2.01. The van der Waals surface area contributed by atoms with Crippen LogP contribution in [0.25, 0.3) is 5.65 Å². The molecule has 0 saturated carbocycles. The summed E-state index contributed by atoms with van der Waals surface area (Å²) in [5, 5.41) is 7.97. The van der Waals surface area contributed by atoms with E-state index in [1.807, 2.05) is 47.5 Å². The molecular formula is C20H22N4O3. The molecule has 1 fully saturated rings. The van der Waals surface area contributed by atoms with Gasteiger partial charge in [0, 0.05) is 31.3 Å². The molecule has 3 aromatic rings. The average molecular weight is 366 g/mol. The summed E-state index contributed by atoms with van der Waals surface area (Å²) < 4.78 is 12.9. The maximum absolute atomic E-state index is 13.0. The van der Waals surface area contributed by atoms with E-state index in [2.05, 4.69) is 10.2 Å². The lowest BCUT2D eigenvalue weighted by atomic mass is 9.98. The molecule has 0 N–H and O–H groups in total. The van der Waals surface area contributed by atoms with Crippen molar-refractivity contribution in [2.24, 2.45) is 5.92 Å². The Hall–Kier alpha value is -3.09. The lowest BCUT2D eigenvalue weighted by Gasteiger charge is -2.32. The molecule has 0 aliphatic carbocycles. The molecule has 1 atom stereocenters. The fourth-order valence-corrected chi connectivity index (χ4v) is 3.48.